The molecule has 0 saturated heterocycles. The highest BCUT2D eigenvalue weighted by Crippen LogP contribution is 2.07. The van der Waals surface area contributed by atoms with Crippen molar-refractivity contribution < 1.29 is 23.1 Å². The predicted molar refractivity (Wildman–Crippen MR) is 37.9 cm³/mol. The van der Waals surface area contributed by atoms with Crippen molar-refractivity contribution in [2.24, 2.45) is 0 Å². The van der Waals surface area contributed by atoms with Crippen LogP contribution in [0.1, 0.15) is 10.5 Å². The lowest BCUT2D eigenvalue weighted by Crippen LogP contribution is -2.21. The van der Waals surface area contributed by atoms with Gasteiger partial charge in [0.25, 0.3) is 6.43 Å². The van der Waals surface area contributed by atoms with Crippen molar-refractivity contribution in [2.75, 3.05) is 0 Å². The standard InChI is InChI=1S/C6H6F3N3O2/c7-3(5(8)9)2-12-10-1-4(11-12)6(13)14/h1,3,5H,2H2,(H,13,14). The van der Waals surface area contributed by atoms with E-state index >= 15 is 0 Å². The van der Waals surface area contributed by atoms with Crippen LogP contribution in [0.25, 0.3) is 0 Å². The van der Waals surface area contributed by atoms with E-state index in [0.29, 0.717) is 4.80 Å². The Morgan fingerprint density at radius 2 is 2.21 bits per heavy atom. The maximum atomic E-state index is 12.4. The Morgan fingerprint density at radius 1 is 1.57 bits per heavy atom. The molecule has 1 aromatic rings. The first kappa shape index (κ1) is 10.5. The van der Waals surface area contributed by atoms with Gasteiger partial charge in [-0.1, -0.05) is 0 Å². The van der Waals surface area contributed by atoms with Crippen LogP contribution in [0, 0.1) is 0 Å². The molecular formula is C6H6F3N3O2. The summed E-state index contributed by atoms with van der Waals surface area (Å²) in [6.45, 7) is -0.759. The van der Waals surface area contributed by atoms with Crippen molar-refractivity contribution in [3.63, 3.8) is 0 Å². The lowest BCUT2D eigenvalue weighted by Gasteiger charge is -2.04. The van der Waals surface area contributed by atoms with E-state index in [-0.39, 0.29) is 0 Å². The summed E-state index contributed by atoms with van der Waals surface area (Å²) < 4.78 is 35.9. The highest BCUT2D eigenvalue weighted by atomic mass is 19.3. The molecule has 0 aromatic carbocycles. The van der Waals surface area contributed by atoms with Gasteiger partial charge in [-0.25, -0.2) is 18.0 Å². The molecule has 0 saturated carbocycles. The lowest BCUT2D eigenvalue weighted by molar-refractivity contribution is 0.0362. The minimum absolute atomic E-state index is 0.411. The number of hydrogen-bond acceptors (Lipinski definition) is 3. The Balaban J connectivity index is 2.64. The molecule has 0 spiro atoms. The number of aromatic carboxylic acids is 1. The number of carbonyl (C=O) groups is 1. The quantitative estimate of drug-likeness (QED) is 0.787. The molecule has 1 N–H and O–H groups in total. The van der Waals surface area contributed by atoms with Crippen LogP contribution in [0.5, 0.6) is 0 Å². The van der Waals surface area contributed by atoms with Crippen LogP contribution in [0.4, 0.5) is 13.2 Å². The van der Waals surface area contributed by atoms with E-state index in [4.69, 9.17) is 5.11 Å². The van der Waals surface area contributed by atoms with Crippen molar-refractivity contribution in [1.29, 1.82) is 0 Å². The SMILES string of the molecule is O=C(O)c1cnn(CC(F)C(F)F)n1. The highest BCUT2D eigenvalue weighted by Gasteiger charge is 2.21. The lowest BCUT2D eigenvalue weighted by atomic mass is 10.4. The molecule has 1 atom stereocenters. The van der Waals surface area contributed by atoms with Crippen LogP contribution < -0.4 is 0 Å². The second kappa shape index (κ2) is 4.07. The fraction of sp³-hybridized carbons (Fsp3) is 0.500. The van der Waals surface area contributed by atoms with Gasteiger partial charge in [0, 0.05) is 0 Å². The highest BCUT2D eigenvalue weighted by molar-refractivity contribution is 5.84. The van der Waals surface area contributed by atoms with Gasteiger partial charge in [0.2, 0.25) is 0 Å². The summed E-state index contributed by atoms with van der Waals surface area (Å²) in [5.41, 5.74) is -0.411. The van der Waals surface area contributed by atoms with E-state index < -0.39 is 30.8 Å². The molecule has 0 amide bonds. The van der Waals surface area contributed by atoms with Crippen LogP contribution >= 0.6 is 0 Å². The first-order valence-electron chi connectivity index (χ1n) is 3.56. The maximum absolute atomic E-state index is 12.4. The maximum Gasteiger partial charge on any atom is 0.358 e. The zero-order chi connectivity index (χ0) is 10.7. The van der Waals surface area contributed by atoms with Crippen molar-refractivity contribution in [2.45, 2.75) is 19.1 Å². The molecule has 1 unspecified atom stereocenters. The van der Waals surface area contributed by atoms with Crippen LogP contribution in [0.2, 0.25) is 0 Å². The van der Waals surface area contributed by atoms with Gasteiger partial charge in [-0.15, -0.1) is 5.10 Å². The summed E-state index contributed by atoms with van der Waals surface area (Å²) in [6, 6.07) is 0. The first-order valence-corrected chi connectivity index (χ1v) is 3.56. The van der Waals surface area contributed by atoms with E-state index in [1.807, 2.05) is 0 Å². The van der Waals surface area contributed by atoms with E-state index in [1.165, 1.54) is 0 Å². The Bertz CT molecular complexity index is 328. The Hall–Kier alpha value is -1.60. The number of carboxylic acid groups (broad SMARTS) is 1. The summed E-state index contributed by atoms with van der Waals surface area (Å²) in [5.74, 6) is -1.34. The molecule has 78 valence electrons. The van der Waals surface area contributed by atoms with Crippen LogP contribution in [0.3, 0.4) is 0 Å². The fourth-order valence-electron chi connectivity index (χ4n) is 0.719. The van der Waals surface area contributed by atoms with Crippen LogP contribution in [-0.4, -0.2) is 38.7 Å². The molecule has 0 aliphatic rings. The van der Waals surface area contributed by atoms with E-state index in [9.17, 15) is 18.0 Å². The molecule has 5 nitrogen and oxygen atoms in total. The zero-order valence-electron chi connectivity index (χ0n) is 6.77. The number of hydrogen-bond donors (Lipinski definition) is 1. The molecular weight excluding hydrogens is 203 g/mol. The summed E-state index contributed by atoms with van der Waals surface area (Å²) >= 11 is 0. The summed E-state index contributed by atoms with van der Waals surface area (Å²) in [7, 11) is 0. The van der Waals surface area contributed by atoms with Crippen molar-refractivity contribution in [1.82, 2.24) is 15.0 Å². The number of halogens is 3. The Morgan fingerprint density at radius 3 is 2.64 bits per heavy atom. The predicted octanol–water partition coefficient (Wildman–Crippen LogP) is 0.580. The zero-order valence-corrected chi connectivity index (χ0v) is 6.77. The monoisotopic (exact) mass is 209 g/mol. The summed E-state index contributed by atoms with van der Waals surface area (Å²) in [6.07, 6.45) is -4.67. The second-order valence-electron chi connectivity index (χ2n) is 2.44. The van der Waals surface area contributed by atoms with E-state index in [0.717, 1.165) is 6.20 Å². The van der Waals surface area contributed by atoms with Gasteiger partial charge in [0.15, 0.2) is 11.9 Å². The van der Waals surface area contributed by atoms with Gasteiger partial charge in [-0.05, 0) is 0 Å². The molecule has 0 radical (unpaired) electrons. The van der Waals surface area contributed by atoms with Gasteiger partial charge in [-0.3, -0.25) is 0 Å². The number of alkyl halides is 3. The van der Waals surface area contributed by atoms with Gasteiger partial charge in [-0.2, -0.15) is 9.90 Å². The molecule has 0 bridgehead atoms. The molecule has 14 heavy (non-hydrogen) atoms. The summed E-state index contributed by atoms with van der Waals surface area (Å²) in [5, 5.41) is 15.0. The minimum atomic E-state index is -3.13. The normalized spacial score (nSPS) is 13.1. The van der Waals surface area contributed by atoms with Gasteiger partial charge in [0.1, 0.15) is 0 Å². The van der Waals surface area contributed by atoms with Crippen molar-refractivity contribution >= 4 is 5.97 Å². The molecule has 0 aliphatic carbocycles. The number of rotatable bonds is 4. The van der Waals surface area contributed by atoms with Crippen LogP contribution in [0.15, 0.2) is 6.20 Å². The Labute approximate surface area is 76.1 Å². The second-order valence-corrected chi connectivity index (χ2v) is 2.44. The third kappa shape index (κ3) is 2.44. The number of carboxylic acids is 1. The van der Waals surface area contributed by atoms with E-state index in [1.54, 1.807) is 0 Å². The molecule has 1 heterocycles. The number of nitrogens with zero attached hydrogens (tertiary/aromatic N) is 3. The van der Waals surface area contributed by atoms with Crippen LogP contribution in [-0.2, 0) is 6.54 Å². The fourth-order valence-corrected chi connectivity index (χ4v) is 0.719. The average molecular weight is 209 g/mol. The topological polar surface area (TPSA) is 68.0 Å². The van der Waals surface area contributed by atoms with Gasteiger partial charge in [0.05, 0.1) is 12.7 Å². The van der Waals surface area contributed by atoms with Gasteiger partial charge >= 0.3 is 5.97 Å². The molecule has 0 aliphatic heterocycles. The Kier molecular flexibility index (Phi) is 3.05. The summed E-state index contributed by atoms with van der Waals surface area (Å²) in [4.78, 5) is 10.9. The average Bonchev–Trinajstić information content (AvgIpc) is 2.52. The molecule has 8 heteroatoms. The van der Waals surface area contributed by atoms with Gasteiger partial charge < -0.3 is 5.11 Å². The molecule has 1 rings (SSSR count). The first-order chi connectivity index (χ1) is 6.50. The smallest absolute Gasteiger partial charge is 0.358 e. The van der Waals surface area contributed by atoms with E-state index in [2.05, 4.69) is 10.2 Å². The number of aromatic nitrogens is 3. The van der Waals surface area contributed by atoms with Crippen molar-refractivity contribution in [3.05, 3.63) is 11.9 Å². The minimum Gasteiger partial charge on any atom is -0.476 e. The van der Waals surface area contributed by atoms with Crippen molar-refractivity contribution in [3.8, 4) is 0 Å². The largest absolute Gasteiger partial charge is 0.476 e. The molecule has 0 fully saturated rings. The third-order valence-corrected chi connectivity index (χ3v) is 1.37. The third-order valence-electron chi connectivity index (χ3n) is 1.37. The molecule has 1 aromatic heterocycles.